The number of methoxy groups -OCH3 is 1. The predicted molar refractivity (Wildman–Crippen MR) is 202 cm³/mol. The number of benzene rings is 2. The molecule has 0 bridgehead atoms. The van der Waals surface area contributed by atoms with Gasteiger partial charge >= 0.3 is 0 Å². The summed E-state index contributed by atoms with van der Waals surface area (Å²) in [6, 6.07) is 15.9. The van der Waals surface area contributed by atoms with Gasteiger partial charge in [0.1, 0.15) is 17.4 Å². The number of phenolic OH excluding ortho intramolecular Hbond substituents is 1. The van der Waals surface area contributed by atoms with E-state index in [1.54, 1.807) is 12.3 Å². The van der Waals surface area contributed by atoms with Crippen molar-refractivity contribution >= 4 is 17.4 Å². The van der Waals surface area contributed by atoms with Crippen molar-refractivity contribution in [2.75, 3.05) is 19.5 Å². The third-order valence-electron chi connectivity index (χ3n) is 11.2. The molecule has 4 N–H and O–H groups in total. The van der Waals surface area contributed by atoms with E-state index < -0.39 is 5.92 Å². The second-order valence-electron chi connectivity index (χ2n) is 15.3. The van der Waals surface area contributed by atoms with E-state index >= 15 is 0 Å². The Labute approximate surface area is 304 Å². The maximum absolute atomic E-state index is 14.3. The number of hydrogen-bond acceptors (Lipinski definition) is 7. The second-order valence-corrected chi connectivity index (χ2v) is 15.3. The van der Waals surface area contributed by atoms with Crippen molar-refractivity contribution in [2.24, 2.45) is 35.5 Å². The van der Waals surface area contributed by atoms with Gasteiger partial charge in [-0.1, -0.05) is 63.3 Å². The van der Waals surface area contributed by atoms with Crippen molar-refractivity contribution in [2.45, 2.75) is 97.3 Å². The summed E-state index contributed by atoms with van der Waals surface area (Å²) in [5.41, 5.74) is 11.2. The number of aromatic nitrogens is 1. The number of ketones is 2. The van der Waals surface area contributed by atoms with Crippen LogP contribution >= 0.6 is 0 Å². The molecule has 0 radical (unpaired) electrons. The lowest BCUT2D eigenvalue weighted by Crippen LogP contribution is -2.29. The largest absolute Gasteiger partial charge is 0.504 e. The number of carbonyl (C=O) groups excluding carboxylic acids is 2. The number of nitrogen functional groups attached to an aromatic ring is 1. The van der Waals surface area contributed by atoms with Gasteiger partial charge in [-0.05, 0) is 127 Å². The Morgan fingerprint density at radius 3 is 2.53 bits per heavy atom. The molecule has 0 aliphatic heterocycles. The van der Waals surface area contributed by atoms with Crippen LogP contribution < -0.4 is 10.5 Å². The van der Waals surface area contributed by atoms with E-state index in [9.17, 15) is 19.8 Å². The van der Waals surface area contributed by atoms with Crippen LogP contribution in [0.25, 0.3) is 0 Å². The lowest BCUT2D eigenvalue weighted by atomic mass is 9.76. The number of fused-ring (bicyclic) bond motifs is 2. The minimum Gasteiger partial charge on any atom is -0.504 e. The number of phenols is 1. The van der Waals surface area contributed by atoms with E-state index in [1.165, 1.54) is 12.7 Å². The third-order valence-corrected chi connectivity index (χ3v) is 11.2. The number of nitrogens with two attached hydrogens (primary N) is 1. The number of aliphatic hydroxyl groups is 1. The van der Waals surface area contributed by atoms with E-state index in [2.05, 4.69) is 55.8 Å². The number of aromatic hydroxyl groups is 1. The molecule has 1 fully saturated rings. The van der Waals surface area contributed by atoms with Gasteiger partial charge in [0, 0.05) is 31.1 Å². The molecule has 51 heavy (non-hydrogen) atoms. The summed E-state index contributed by atoms with van der Waals surface area (Å²) in [6.45, 7) is 6.66. The molecular weight excluding hydrogens is 636 g/mol. The Hall–Kier alpha value is -4.15. The van der Waals surface area contributed by atoms with E-state index in [-0.39, 0.29) is 66.4 Å². The smallest absolute Gasteiger partial charge is 0.160 e. The van der Waals surface area contributed by atoms with Gasteiger partial charge in [0.05, 0.1) is 19.4 Å². The van der Waals surface area contributed by atoms with Crippen molar-refractivity contribution in [3.05, 3.63) is 82.5 Å². The molecule has 5 rings (SSSR count). The fraction of sp³-hybridized carbons (Fsp3) is 0.523. The Morgan fingerprint density at radius 2 is 1.80 bits per heavy atom. The fourth-order valence-electron chi connectivity index (χ4n) is 8.47. The molecule has 0 spiro atoms. The highest BCUT2D eigenvalue weighted by atomic mass is 16.5. The van der Waals surface area contributed by atoms with Crippen LogP contribution in [0.5, 0.6) is 11.5 Å². The van der Waals surface area contributed by atoms with Crippen molar-refractivity contribution in [3.8, 4) is 23.3 Å². The van der Waals surface area contributed by atoms with Crippen LogP contribution in [-0.4, -0.2) is 40.5 Å². The van der Waals surface area contributed by atoms with Gasteiger partial charge in [-0.2, -0.15) is 0 Å². The zero-order valence-corrected chi connectivity index (χ0v) is 30.9. The van der Waals surface area contributed by atoms with E-state index in [4.69, 9.17) is 10.5 Å². The van der Waals surface area contributed by atoms with Gasteiger partial charge in [-0.25, -0.2) is 4.98 Å². The molecule has 2 aliphatic rings. The minimum absolute atomic E-state index is 0.0363. The molecule has 2 aromatic carbocycles. The highest BCUT2D eigenvalue weighted by Gasteiger charge is 2.39. The number of rotatable bonds is 11. The highest BCUT2D eigenvalue weighted by Crippen LogP contribution is 2.43. The SMILES string of the molecule is CCCC(CO)C1CC(Cc2ccnc(N)c2)CC2C#CC(c3ccccc3CCC(C)C)c3cc(O)c(OC)cc3CCC(=O)CC(=O)C2C1. The summed E-state index contributed by atoms with van der Waals surface area (Å²) in [4.78, 5) is 32.0. The average Bonchev–Trinajstić information content (AvgIpc) is 3.28. The van der Waals surface area contributed by atoms with Gasteiger partial charge in [0.15, 0.2) is 11.5 Å². The van der Waals surface area contributed by atoms with Gasteiger partial charge < -0.3 is 20.7 Å². The molecule has 7 nitrogen and oxygen atoms in total. The third kappa shape index (κ3) is 9.80. The van der Waals surface area contributed by atoms with Gasteiger partial charge in [0.25, 0.3) is 0 Å². The molecule has 1 heterocycles. The van der Waals surface area contributed by atoms with E-state index in [0.717, 1.165) is 60.8 Å². The lowest BCUT2D eigenvalue weighted by molar-refractivity contribution is -0.130. The quantitative estimate of drug-likeness (QED) is 0.138. The molecule has 6 atom stereocenters. The second kappa shape index (κ2) is 17.9. The molecular formula is C44H56N2O5. The standard InChI is InChI=1S/C44H56N2O5/c1-5-8-34(27-47)35-21-30(19-29-17-18-46-44(45)22-29)20-32-14-16-38(37-10-7-6-9-31(37)12-11-28(2)3)39-26-42(50)43(51-4)24-33(39)13-15-36(48)25-41(49)40(32)23-35/h6-7,9-10,17-18,22,24,26,28,30,32,34-35,38,40,47,50H,5,8,11-13,15,19-21,23,25,27H2,1-4H3,(H2,45,46). The van der Waals surface area contributed by atoms with Crippen molar-refractivity contribution in [1.82, 2.24) is 4.98 Å². The van der Waals surface area contributed by atoms with Crippen LogP contribution in [0.1, 0.15) is 106 Å². The molecule has 272 valence electrons. The number of anilines is 1. The predicted octanol–water partition coefficient (Wildman–Crippen LogP) is 7.88. The normalized spacial score (nSPS) is 23.1. The molecule has 1 aromatic heterocycles. The van der Waals surface area contributed by atoms with Crippen LogP contribution in [0, 0.1) is 47.3 Å². The number of nitrogens with zero attached hydrogens (tertiary/aromatic N) is 1. The minimum atomic E-state index is -0.412. The number of carbonyl (C=O) groups is 2. The molecule has 7 heteroatoms. The van der Waals surface area contributed by atoms with E-state index in [0.29, 0.717) is 36.7 Å². The lowest BCUT2D eigenvalue weighted by Gasteiger charge is -2.28. The number of pyridine rings is 1. The topological polar surface area (TPSA) is 123 Å². The van der Waals surface area contributed by atoms with Gasteiger partial charge in [-0.3, -0.25) is 9.59 Å². The number of aliphatic hydroxyl groups excluding tert-OH is 1. The Kier molecular flexibility index (Phi) is 13.3. The summed E-state index contributed by atoms with van der Waals surface area (Å²) in [6.07, 6.45) is 8.93. The Bertz CT molecular complexity index is 1720. The number of hydrogen-bond donors (Lipinski definition) is 3. The Balaban J connectivity index is 1.68. The van der Waals surface area contributed by atoms with Crippen molar-refractivity contribution in [1.29, 1.82) is 0 Å². The summed E-state index contributed by atoms with van der Waals surface area (Å²) in [5.74, 6) is 8.01. The molecule has 2 aliphatic carbocycles. The summed E-state index contributed by atoms with van der Waals surface area (Å²) >= 11 is 0. The monoisotopic (exact) mass is 692 g/mol. The fourth-order valence-corrected chi connectivity index (χ4v) is 8.47. The first-order valence-corrected chi connectivity index (χ1v) is 18.9. The molecule has 1 saturated carbocycles. The average molecular weight is 693 g/mol. The summed E-state index contributed by atoms with van der Waals surface area (Å²) < 4.78 is 5.51. The summed E-state index contributed by atoms with van der Waals surface area (Å²) in [5, 5.41) is 21.7. The Morgan fingerprint density at radius 1 is 1.00 bits per heavy atom. The number of aryl methyl sites for hydroxylation is 2. The van der Waals surface area contributed by atoms with Crippen molar-refractivity contribution in [3.63, 3.8) is 0 Å². The highest BCUT2D eigenvalue weighted by molar-refractivity contribution is 6.00. The van der Waals surface area contributed by atoms with Crippen LogP contribution in [0.2, 0.25) is 0 Å². The zero-order chi connectivity index (χ0) is 36.5. The zero-order valence-electron chi connectivity index (χ0n) is 30.9. The van der Waals surface area contributed by atoms with Crippen LogP contribution in [-0.2, 0) is 28.9 Å². The summed E-state index contributed by atoms with van der Waals surface area (Å²) in [7, 11) is 1.52. The van der Waals surface area contributed by atoms with Crippen LogP contribution in [0.4, 0.5) is 5.82 Å². The molecule has 0 saturated heterocycles. The molecule has 6 unspecified atom stereocenters. The van der Waals surface area contributed by atoms with Crippen LogP contribution in [0.15, 0.2) is 54.7 Å². The van der Waals surface area contributed by atoms with Crippen molar-refractivity contribution < 1.29 is 24.5 Å². The molecule has 0 amide bonds. The number of Topliss-reactive ketones (excluding diaryl/α,β-unsaturated/α-hetero) is 2. The van der Waals surface area contributed by atoms with Gasteiger partial charge in [0.2, 0.25) is 0 Å². The maximum atomic E-state index is 14.3. The first-order chi connectivity index (χ1) is 24.6. The molecule has 3 aromatic rings. The number of ether oxygens (including phenoxy) is 1. The van der Waals surface area contributed by atoms with E-state index in [1.807, 2.05) is 24.3 Å². The first kappa shape index (κ1) is 38.1. The van der Waals surface area contributed by atoms with Gasteiger partial charge in [-0.15, -0.1) is 0 Å². The van der Waals surface area contributed by atoms with Crippen LogP contribution in [0.3, 0.4) is 0 Å². The first-order valence-electron chi connectivity index (χ1n) is 18.9. The maximum Gasteiger partial charge on any atom is 0.160 e.